The molecule has 0 fully saturated rings. The van der Waals surface area contributed by atoms with Gasteiger partial charge in [-0.25, -0.2) is 4.79 Å². The van der Waals surface area contributed by atoms with Gasteiger partial charge in [-0.2, -0.15) is 0 Å². The number of nitrogens with zero attached hydrogens (tertiary/aromatic N) is 1. The summed E-state index contributed by atoms with van der Waals surface area (Å²) in [5, 5.41) is 25.2. The van der Waals surface area contributed by atoms with E-state index >= 15 is 0 Å². The summed E-state index contributed by atoms with van der Waals surface area (Å²) in [5.74, 6) is -1.55. The normalized spacial score (nSPS) is 9.85. The number of nitrogens with one attached hydrogen (secondary N) is 2. The van der Waals surface area contributed by atoms with E-state index in [1.807, 2.05) is 0 Å². The Bertz CT molecular complexity index is 530. The van der Waals surface area contributed by atoms with Crippen LogP contribution in [0.2, 0.25) is 0 Å². The summed E-state index contributed by atoms with van der Waals surface area (Å²) in [7, 11) is 0. The van der Waals surface area contributed by atoms with Gasteiger partial charge in [0.05, 0.1) is 4.92 Å². The highest BCUT2D eigenvalue weighted by Crippen LogP contribution is 2.28. The minimum absolute atomic E-state index is 0.0826. The molecule has 0 saturated carbocycles. The molecule has 0 aliphatic heterocycles. The molecule has 0 heterocycles. The van der Waals surface area contributed by atoms with Crippen LogP contribution in [0.15, 0.2) is 18.2 Å². The van der Waals surface area contributed by atoms with Crippen molar-refractivity contribution >= 4 is 23.3 Å². The summed E-state index contributed by atoms with van der Waals surface area (Å²) in [5.41, 5.74) is -0.812. The molecule has 1 aromatic rings. The number of benzene rings is 1. The van der Waals surface area contributed by atoms with E-state index in [2.05, 4.69) is 10.6 Å². The first-order valence-electron chi connectivity index (χ1n) is 5.98. The predicted molar refractivity (Wildman–Crippen MR) is 71.8 cm³/mol. The van der Waals surface area contributed by atoms with Crippen LogP contribution in [0, 0.1) is 10.1 Å². The Morgan fingerprint density at radius 3 is 2.65 bits per heavy atom. The Labute approximate surface area is 114 Å². The second-order valence-corrected chi connectivity index (χ2v) is 3.89. The molecule has 1 aromatic carbocycles. The largest absolute Gasteiger partial charge is 0.477 e. The smallest absolute Gasteiger partial charge is 0.342 e. The van der Waals surface area contributed by atoms with Gasteiger partial charge in [-0.15, -0.1) is 0 Å². The average Bonchev–Trinajstić information content (AvgIpc) is 2.38. The van der Waals surface area contributed by atoms with Gasteiger partial charge in [-0.3, -0.25) is 14.9 Å². The molecule has 1 amide bonds. The summed E-state index contributed by atoms with van der Waals surface area (Å²) >= 11 is 0. The minimum atomic E-state index is -1.37. The second-order valence-electron chi connectivity index (χ2n) is 3.89. The van der Waals surface area contributed by atoms with Crippen molar-refractivity contribution in [3.8, 4) is 0 Å². The fourth-order valence-electron chi connectivity index (χ4n) is 1.65. The van der Waals surface area contributed by atoms with E-state index < -0.39 is 22.1 Å². The molecule has 108 valence electrons. The lowest BCUT2D eigenvalue weighted by molar-refractivity contribution is -0.384. The Morgan fingerprint density at radius 2 is 2.10 bits per heavy atom. The van der Waals surface area contributed by atoms with Gasteiger partial charge < -0.3 is 15.7 Å². The number of carboxylic acid groups (broad SMARTS) is 1. The first-order chi connectivity index (χ1) is 9.47. The second kappa shape index (κ2) is 7.07. The minimum Gasteiger partial charge on any atom is -0.477 e. The number of carbonyl (C=O) groups excluding carboxylic acids is 1. The number of aromatic carboxylic acids is 1. The van der Waals surface area contributed by atoms with Crippen molar-refractivity contribution in [3.63, 3.8) is 0 Å². The van der Waals surface area contributed by atoms with Crippen LogP contribution in [0.1, 0.15) is 23.7 Å². The van der Waals surface area contributed by atoms with Gasteiger partial charge in [0.1, 0.15) is 11.3 Å². The molecular weight excluding hydrogens is 266 g/mol. The average molecular weight is 281 g/mol. The first kappa shape index (κ1) is 15.4. The van der Waals surface area contributed by atoms with Crippen molar-refractivity contribution in [1.29, 1.82) is 0 Å². The van der Waals surface area contributed by atoms with E-state index in [1.54, 1.807) is 6.92 Å². The van der Waals surface area contributed by atoms with Crippen molar-refractivity contribution in [2.24, 2.45) is 0 Å². The molecule has 0 aliphatic carbocycles. The molecule has 20 heavy (non-hydrogen) atoms. The molecule has 8 nitrogen and oxygen atoms in total. The maximum absolute atomic E-state index is 11.2. The molecule has 0 bridgehead atoms. The van der Waals surface area contributed by atoms with Gasteiger partial charge in [0.15, 0.2) is 0 Å². The van der Waals surface area contributed by atoms with Gasteiger partial charge in [0.2, 0.25) is 5.91 Å². The molecule has 8 heteroatoms. The van der Waals surface area contributed by atoms with Crippen molar-refractivity contribution in [2.75, 3.05) is 18.4 Å². The summed E-state index contributed by atoms with van der Waals surface area (Å²) in [6.45, 7) is 2.47. The molecule has 0 spiro atoms. The molecule has 0 saturated heterocycles. The third-order valence-electron chi connectivity index (χ3n) is 2.49. The first-order valence-corrected chi connectivity index (χ1v) is 5.98. The third-order valence-corrected chi connectivity index (χ3v) is 2.49. The molecular formula is C12H15N3O5. The highest BCUT2D eigenvalue weighted by atomic mass is 16.6. The summed E-state index contributed by atoms with van der Waals surface area (Å²) in [4.78, 5) is 32.4. The summed E-state index contributed by atoms with van der Waals surface area (Å²) < 4.78 is 0. The van der Waals surface area contributed by atoms with Crippen molar-refractivity contribution in [1.82, 2.24) is 5.32 Å². The van der Waals surface area contributed by atoms with Crippen LogP contribution in [0.3, 0.4) is 0 Å². The van der Waals surface area contributed by atoms with E-state index in [0.29, 0.717) is 6.54 Å². The Hall–Kier alpha value is -2.64. The van der Waals surface area contributed by atoms with E-state index in [1.165, 1.54) is 12.1 Å². The standard InChI is InChI=1S/C12H15N3O5/c1-2-13-10(16)6-7-14-9-5-3-4-8(12(17)18)11(9)15(19)20/h3-5,14H,2,6-7H2,1H3,(H,13,16)(H,17,18). The molecule has 0 aromatic heterocycles. The number of carbonyl (C=O) groups is 2. The highest BCUT2D eigenvalue weighted by molar-refractivity contribution is 5.95. The molecule has 0 aliphatic rings. The highest BCUT2D eigenvalue weighted by Gasteiger charge is 2.23. The number of amides is 1. The van der Waals surface area contributed by atoms with E-state index in [-0.39, 0.29) is 24.6 Å². The Kier molecular flexibility index (Phi) is 5.45. The Morgan fingerprint density at radius 1 is 1.40 bits per heavy atom. The van der Waals surface area contributed by atoms with Crippen LogP contribution in [-0.4, -0.2) is 35.0 Å². The quantitative estimate of drug-likeness (QED) is 0.510. The fourth-order valence-corrected chi connectivity index (χ4v) is 1.65. The molecule has 0 radical (unpaired) electrons. The molecule has 0 atom stereocenters. The van der Waals surface area contributed by atoms with Crippen LogP contribution >= 0.6 is 0 Å². The maximum atomic E-state index is 11.2. The fraction of sp³-hybridized carbons (Fsp3) is 0.333. The van der Waals surface area contributed by atoms with Crippen molar-refractivity contribution in [3.05, 3.63) is 33.9 Å². The zero-order valence-corrected chi connectivity index (χ0v) is 10.9. The monoisotopic (exact) mass is 281 g/mol. The molecule has 1 rings (SSSR count). The van der Waals surface area contributed by atoms with E-state index in [0.717, 1.165) is 6.07 Å². The van der Waals surface area contributed by atoms with Crippen LogP contribution < -0.4 is 10.6 Å². The number of para-hydroxylation sites is 1. The van der Waals surface area contributed by atoms with Gasteiger partial charge in [0.25, 0.3) is 0 Å². The van der Waals surface area contributed by atoms with Gasteiger partial charge >= 0.3 is 11.7 Å². The maximum Gasteiger partial charge on any atom is 0.342 e. The van der Waals surface area contributed by atoms with Crippen molar-refractivity contribution in [2.45, 2.75) is 13.3 Å². The number of hydrogen-bond acceptors (Lipinski definition) is 5. The Balaban J connectivity index is 2.85. The number of hydrogen-bond donors (Lipinski definition) is 3. The van der Waals surface area contributed by atoms with E-state index in [4.69, 9.17) is 5.11 Å². The summed E-state index contributed by atoms with van der Waals surface area (Å²) in [6.07, 6.45) is 0.141. The van der Waals surface area contributed by atoms with Crippen LogP contribution in [0.5, 0.6) is 0 Å². The van der Waals surface area contributed by atoms with Crippen LogP contribution in [-0.2, 0) is 4.79 Å². The number of rotatable bonds is 7. The topological polar surface area (TPSA) is 122 Å². The third kappa shape index (κ3) is 3.94. The number of nitro benzene ring substituents is 1. The van der Waals surface area contributed by atoms with Crippen LogP contribution in [0.4, 0.5) is 11.4 Å². The SMILES string of the molecule is CCNC(=O)CCNc1cccc(C(=O)O)c1[N+](=O)[O-]. The predicted octanol–water partition coefficient (Wildman–Crippen LogP) is 1.23. The van der Waals surface area contributed by atoms with Gasteiger partial charge in [-0.05, 0) is 19.1 Å². The summed E-state index contributed by atoms with van der Waals surface area (Å²) in [6, 6.07) is 3.97. The molecule has 0 unspecified atom stereocenters. The number of carboxylic acids is 1. The zero-order chi connectivity index (χ0) is 15.1. The van der Waals surface area contributed by atoms with Gasteiger partial charge in [-0.1, -0.05) is 6.07 Å². The zero-order valence-electron chi connectivity index (χ0n) is 10.9. The lowest BCUT2D eigenvalue weighted by atomic mass is 10.1. The lowest BCUT2D eigenvalue weighted by Crippen LogP contribution is -2.24. The number of nitro groups is 1. The number of anilines is 1. The van der Waals surface area contributed by atoms with Gasteiger partial charge in [0, 0.05) is 19.5 Å². The molecule has 3 N–H and O–H groups in total. The van der Waals surface area contributed by atoms with Crippen molar-refractivity contribution < 1.29 is 19.6 Å². The van der Waals surface area contributed by atoms with E-state index in [9.17, 15) is 19.7 Å². The van der Waals surface area contributed by atoms with Crippen LogP contribution in [0.25, 0.3) is 0 Å². The lowest BCUT2D eigenvalue weighted by Gasteiger charge is -2.08.